The molecule has 0 radical (unpaired) electrons. The minimum Gasteiger partial charge on any atom is -0.206 e. The van der Waals surface area contributed by atoms with Gasteiger partial charge in [0.05, 0.1) is 0 Å². The summed E-state index contributed by atoms with van der Waals surface area (Å²) >= 11 is 0. The van der Waals surface area contributed by atoms with Gasteiger partial charge in [-0.25, -0.2) is 8.78 Å². The van der Waals surface area contributed by atoms with Crippen LogP contribution in [-0.4, -0.2) is 24.4 Å². The minimum atomic E-state index is -6.60. The Bertz CT molecular complexity index is 176. The fourth-order valence-corrected chi connectivity index (χ4v) is 0.529. The van der Waals surface area contributed by atoms with Gasteiger partial charge in [-0.2, -0.15) is 31.3 Å². The SMILES string of the molecule is FOC(C(F)F)(C(F)(F)F)C(F)(F)F. The first kappa shape index (κ1) is 13.3. The van der Waals surface area contributed by atoms with Gasteiger partial charge in [0.2, 0.25) is 0 Å². The van der Waals surface area contributed by atoms with Gasteiger partial charge in [0, 0.05) is 0 Å². The summed E-state index contributed by atoms with van der Waals surface area (Å²) in [6, 6.07) is 0. The summed E-state index contributed by atoms with van der Waals surface area (Å²) in [6.07, 6.45) is -18.3. The molecular weight excluding hydrogens is 235 g/mol. The molecule has 10 heteroatoms. The molecular formula is C4HF9O. The molecule has 0 aromatic rings. The zero-order valence-electron chi connectivity index (χ0n) is 5.89. The van der Waals surface area contributed by atoms with E-state index in [1.165, 1.54) is 4.94 Å². The Morgan fingerprint density at radius 2 is 1.07 bits per heavy atom. The van der Waals surface area contributed by atoms with E-state index in [-0.39, 0.29) is 0 Å². The van der Waals surface area contributed by atoms with E-state index in [0.717, 1.165) is 0 Å². The van der Waals surface area contributed by atoms with Gasteiger partial charge in [-0.3, -0.25) is 0 Å². The quantitative estimate of drug-likeness (QED) is 0.669. The fourth-order valence-electron chi connectivity index (χ4n) is 0.529. The van der Waals surface area contributed by atoms with Crippen LogP contribution in [0.3, 0.4) is 0 Å². The number of rotatable bonds is 2. The van der Waals surface area contributed by atoms with Crippen molar-refractivity contribution in [1.82, 2.24) is 0 Å². The van der Waals surface area contributed by atoms with E-state index in [4.69, 9.17) is 0 Å². The molecule has 0 aliphatic heterocycles. The molecule has 86 valence electrons. The molecule has 0 amide bonds. The molecule has 0 bridgehead atoms. The van der Waals surface area contributed by atoms with Crippen molar-refractivity contribution in [3.63, 3.8) is 0 Å². The fraction of sp³-hybridized carbons (Fsp3) is 1.00. The predicted octanol–water partition coefficient (Wildman–Crippen LogP) is 3.02. The maximum absolute atomic E-state index is 11.6. The van der Waals surface area contributed by atoms with Gasteiger partial charge >= 0.3 is 18.0 Å². The molecule has 0 aliphatic carbocycles. The van der Waals surface area contributed by atoms with Gasteiger partial charge in [0.25, 0.3) is 6.43 Å². The number of hydrogen-bond donors (Lipinski definition) is 0. The van der Waals surface area contributed by atoms with E-state index in [0.29, 0.717) is 0 Å². The van der Waals surface area contributed by atoms with Crippen LogP contribution in [-0.2, 0) is 4.94 Å². The molecule has 0 N–H and O–H groups in total. The maximum Gasteiger partial charge on any atom is 0.435 e. The van der Waals surface area contributed by atoms with Crippen molar-refractivity contribution in [2.24, 2.45) is 0 Å². The molecule has 0 saturated heterocycles. The summed E-state index contributed by atoms with van der Waals surface area (Å²) in [5.74, 6) is 0. The average molecular weight is 236 g/mol. The van der Waals surface area contributed by atoms with Crippen LogP contribution in [0, 0.1) is 0 Å². The molecule has 14 heavy (non-hydrogen) atoms. The van der Waals surface area contributed by atoms with Crippen LogP contribution in [0.1, 0.15) is 0 Å². The lowest BCUT2D eigenvalue weighted by Gasteiger charge is -2.31. The van der Waals surface area contributed by atoms with Crippen LogP contribution in [0.15, 0.2) is 0 Å². The van der Waals surface area contributed by atoms with E-state index >= 15 is 0 Å². The van der Waals surface area contributed by atoms with E-state index in [1.54, 1.807) is 0 Å². The smallest absolute Gasteiger partial charge is 0.206 e. The van der Waals surface area contributed by atoms with Crippen molar-refractivity contribution in [3.05, 3.63) is 0 Å². The van der Waals surface area contributed by atoms with E-state index in [9.17, 15) is 39.6 Å². The topological polar surface area (TPSA) is 9.23 Å². The second-order valence-corrected chi connectivity index (χ2v) is 2.11. The van der Waals surface area contributed by atoms with Crippen LogP contribution in [0.5, 0.6) is 0 Å². The zero-order chi connectivity index (χ0) is 11.8. The van der Waals surface area contributed by atoms with Crippen molar-refractivity contribution in [2.75, 3.05) is 0 Å². The minimum absolute atomic E-state index is 1.43. The lowest BCUT2D eigenvalue weighted by molar-refractivity contribution is -0.458. The van der Waals surface area contributed by atoms with Crippen LogP contribution in [0.25, 0.3) is 0 Å². The van der Waals surface area contributed by atoms with Gasteiger partial charge in [0.1, 0.15) is 0 Å². The van der Waals surface area contributed by atoms with Crippen LogP contribution in [0.2, 0.25) is 0 Å². The van der Waals surface area contributed by atoms with Gasteiger partial charge < -0.3 is 0 Å². The maximum atomic E-state index is 11.6. The second-order valence-electron chi connectivity index (χ2n) is 2.11. The van der Waals surface area contributed by atoms with E-state index in [2.05, 4.69) is 0 Å². The summed E-state index contributed by atoms with van der Waals surface area (Å²) in [5, 5.41) is 0. The molecule has 0 aromatic carbocycles. The second kappa shape index (κ2) is 3.48. The normalized spacial score (nSPS) is 15.0. The van der Waals surface area contributed by atoms with Crippen molar-refractivity contribution >= 4 is 0 Å². The monoisotopic (exact) mass is 236 g/mol. The third kappa shape index (κ3) is 1.74. The number of hydrogen-bond acceptors (Lipinski definition) is 1. The van der Waals surface area contributed by atoms with Crippen molar-refractivity contribution in [2.45, 2.75) is 24.4 Å². The average Bonchev–Trinajstić information content (AvgIpc) is 1.80. The highest BCUT2D eigenvalue weighted by atomic mass is 19.4. The zero-order valence-corrected chi connectivity index (χ0v) is 5.89. The van der Waals surface area contributed by atoms with Crippen molar-refractivity contribution in [3.8, 4) is 0 Å². The molecule has 0 atom stereocenters. The number of halogens is 9. The highest BCUT2D eigenvalue weighted by Crippen LogP contribution is 2.49. The Balaban J connectivity index is 5.45. The summed E-state index contributed by atoms with van der Waals surface area (Å²) in [5.41, 5.74) is -6.08. The Morgan fingerprint density at radius 1 is 0.786 bits per heavy atom. The van der Waals surface area contributed by atoms with Gasteiger partial charge in [-0.15, -0.1) is 0 Å². The lowest BCUT2D eigenvalue weighted by Crippen LogP contribution is -2.62. The van der Waals surface area contributed by atoms with Crippen LogP contribution >= 0.6 is 0 Å². The first-order chi connectivity index (χ1) is 6.00. The van der Waals surface area contributed by atoms with Crippen molar-refractivity contribution in [1.29, 1.82) is 0 Å². The Hall–Kier alpha value is -0.670. The van der Waals surface area contributed by atoms with Crippen LogP contribution < -0.4 is 0 Å². The van der Waals surface area contributed by atoms with Gasteiger partial charge in [0.15, 0.2) is 0 Å². The summed E-state index contributed by atoms with van der Waals surface area (Å²) in [4.78, 5) is 1.43. The number of alkyl halides is 8. The molecule has 0 rings (SSSR count). The Morgan fingerprint density at radius 3 is 1.07 bits per heavy atom. The molecule has 0 heterocycles. The standard InChI is InChI=1S/C4HF9O/c5-1(6)2(14-13,3(7,8)9)4(10,11)12/h1H. The van der Waals surface area contributed by atoms with Gasteiger partial charge in [-0.05, 0) is 4.53 Å². The third-order valence-corrected chi connectivity index (χ3v) is 1.27. The Labute approximate surface area is 70.3 Å². The molecule has 0 saturated carbocycles. The molecule has 0 unspecified atom stereocenters. The van der Waals surface area contributed by atoms with Crippen molar-refractivity contribution < 1.29 is 44.6 Å². The highest BCUT2D eigenvalue weighted by molar-refractivity contribution is 4.97. The molecule has 0 aromatic heterocycles. The van der Waals surface area contributed by atoms with Crippen LogP contribution in [0.4, 0.5) is 39.6 Å². The van der Waals surface area contributed by atoms with E-state index < -0.39 is 24.4 Å². The lowest BCUT2D eigenvalue weighted by atomic mass is 10.0. The summed E-state index contributed by atoms with van der Waals surface area (Å²) < 4.78 is 104. The molecule has 0 spiro atoms. The Kier molecular flexibility index (Phi) is 3.31. The third-order valence-electron chi connectivity index (χ3n) is 1.27. The predicted molar refractivity (Wildman–Crippen MR) is 23.0 cm³/mol. The first-order valence-electron chi connectivity index (χ1n) is 2.72. The highest BCUT2D eigenvalue weighted by Gasteiger charge is 2.79. The summed E-state index contributed by atoms with van der Waals surface area (Å²) in [6.45, 7) is 0. The van der Waals surface area contributed by atoms with Gasteiger partial charge in [-0.1, -0.05) is 0 Å². The molecule has 0 fully saturated rings. The molecule has 0 aliphatic rings. The van der Waals surface area contributed by atoms with E-state index in [1.807, 2.05) is 0 Å². The summed E-state index contributed by atoms with van der Waals surface area (Å²) in [7, 11) is 0. The molecule has 1 nitrogen and oxygen atoms in total. The largest absolute Gasteiger partial charge is 0.435 e. The first-order valence-corrected chi connectivity index (χ1v) is 2.72.